The van der Waals surface area contributed by atoms with Crippen molar-refractivity contribution in [3.63, 3.8) is 0 Å². The second-order valence-corrected chi connectivity index (χ2v) is 7.34. The first-order chi connectivity index (χ1) is 15.3. The summed E-state index contributed by atoms with van der Waals surface area (Å²) in [6, 6.07) is 13.9. The summed E-state index contributed by atoms with van der Waals surface area (Å²) in [5.74, 6) is 3.35. The average molecular weight is 416 g/mol. The van der Waals surface area contributed by atoms with Gasteiger partial charge in [0.05, 0.1) is 19.9 Å². The molecule has 0 unspecified atom stereocenters. The van der Waals surface area contributed by atoms with Crippen molar-refractivity contribution in [3.05, 3.63) is 61.1 Å². The number of piperazine rings is 1. The monoisotopic (exact) mass is 416 g/mol. The van der Waals surface area contributed by atoms with E-state index in [0.717, 1.165) is 54.6 Å². The van der Waals surface area contributed by atoms with Crippen LogP contribution in [0.2, 0.25) is 0 Å². The molecule has 0 radical (unpaired) electrons. The summed E-state index contributed by atoms with van der Waals surface area (Å²) in [5.41, 5.74) is 2.81. The van der Waals surface area contributed by atoms with Crippen molar-refractivity contribution in [2.45, 2.75) is 0 Å². The van der Waals surface area contributed by atoms with Crippen LogP contribution in [0.25, 0.3) is 16.8 Å². The van der Waals surface area contributed by atoms with Crippen molar-refractivity contribution in [1.29, 1.82) is 0 Å². The Labute approximate surface area is 180 Å². The summed E-state index contributed by atoms with van der Waals surface area (Å²) < 4.78 is 12.7. The van der Waals surface area contributed by atoms with Crippen LogP contribution in [-0.4, -0.2) is 60.0 Å². The van der Waals surface area contributed by atoms with Gasteiger partial charge in [0.2, 0.25) is 0 Å². The van der Waals surface area contributed by atoms with Crippen molar-refractivity contribution in [3.8, 4) is 22.8 Å². The second kappa shape index (κ2) is 8.14. The number of ether oxygens (including phenoxy) is 2. The first kappa shape index (κ1) is 19.2. The van der Waals surface area contributed by atoms with E-state index in [1.165, 1.54) is 0 Å². The smallest absolute Gasteiger partial charge is 0.161 e. The van der Waals surface area contributed by atoms with Crippen LogP contribution in [-0.2, 0) is 0 Å². The zero-order valence-electron chi connectivity index (χ0n) is 17.6. The van der Waals surface area contributed by atoms with Gasteiger partial charge in [0.1, 0.15) is 11.3 Å². The van der Waals surface area contributed by atoms with E-state index in [4.69, 9.17) is 14.6 Å². The van der Waals surface area contributed by atoms with Crippen LogP contribution >= 0.6 is 0 Å². The molecular weight excluding hydrogens is 392 g/mol. The Morgan fingerprint density at radius 1 is 0.806 bits per heavy atom. The standard InChI is InChI=1S/C23H24N6O2/c1-30-20-7-6-17(15-21(20)31-2)18-16-19-23(25-9-10-29(19)26-18)28-13-11-27(12-14-28)22-5-3-4-8-24-22/h3-10,15-16H,11-14H2,1-2H3. The summed E-state index contributed by atoms with van der Waals surface area (Å²) in [6.07, 6.45) is 5.53. The van der Waals surface area contributed by atoms with Crippen molar-refractivity contribution in [1.82, 2.24) is 19.6 Å². The minimum absolute atomic E-state index is 0.682. The number of hydrogen-bond acceptors (Lipinski definition) is 7. The van der Waals surface area contributed by atoms with Gasteiger partial charge in [0, 0.05) is 50.3 Å². The minimum Gasteiger partial charge on any atom is -0.493 e. The quantitative estimate of drug-likeness (QED) is 0.495. The lowest BCUT2D eigenvalue weighted by Gasteiger charge is -2.36. The maximum Gasteiger partial charge on any atom is 0.161 e. The Balaban J connectivity index is 1.42. The molecular formula is C23H24N6O2. The molecule has 1 fully saturated rings. The summed E-state index contributed by atoms with van der Waals surface area (Å²) in [5, 5.41) is 4.77. The second-order valence-electron chi connectivity index (χ2n) is 7.34. The molecule has 0 bridgehead atoms. The summed E-state index contributed by atoms with van der Waals surface area (Å²) in [6.45, 7) is 3.55. The Hall–Kier alpha value is -3.81. The lowest BCUT2D eigenvalue weighted by atomic mass is 10.1. The zero-order valence-corrected chi connectivity index (χ0v) is 17.6. The predicted molar refractivity (Wildman–Crippen MR) is 120 cm³/mol. The number of benzene rings is 1. The Kier molecular flexibility index (Phi) is 5.03. The van der Waals surface area contributed by atoms with Gasteiger partial charge in [-0.1, -0.05) is 6.07 Å². The normalized spacial score (nSPS) is 14.1. The highest BCUT2D eigenvalue weighted by atomic mass is 16.5. The molecule has 1 aromatic carbocycles. The highest BCUT2D eigenvalue weighted by Crippen LogP contribution is 2.33. The summed E-state index contributed by atoms with van der Waals surface area (Å²) in [4.78, 5) is 13.8. The number of methoxy groups -OCH3 is 2. The number of fused-ring (bicyclic) bond motifs is 1. The minimum atomic E-state index is 0.682. The maximum atomic E-state index is 5.45. The molecule has 0 N–H and O–H groups in total. The fraction of sp³-hybridized carbons (Fsp3) is 0.261. The van der Waals surface area contributed by atoms with E-state index in [1.54, 1.807) is 20.4 Å². The third kappa shape index (κ3) is 3.61. The van der Waals surface area contributed by atoms with Crippen molar-refractivity contribution < 1.29 is 9.47 Å². The molecule has 1 aliphatic heterocycles. The lowest BCUT2D eigenvalue weighted by molar-refractivity contribution is 0.355. The topological polar surface area (TPSA) is 68.0 Å². The average Bonchev–Trinajstić information content (AvgIpc) is 3.29. The van der Waals surface area contributed by atoms with E-state index in [-0.39, 0.29) is 0 Å². The summed E-state index contributed by atoms with van der Waals surface area (Å²) >= 11 is 0. The number of anilines is 2. The van der Waals surface area contributed by atoms with Crippen molar-refractivity contribution >= 4 is 17.2 Å². The highest BCUT2D eigenvalue weighted by Gasteiger charge is 2.21. The van der Waals surface area contributed by atoms with E-state index < -0.39 is 0 Å². The Morgan fingerprint density at radius 2 is 1.61 bits per heavy atom. The lowest BCUT2D eigenvalue weighted by Crippen LogP contribution is -2.47. The first-order valence-electron chi connectivity index (χ1n) is 10.2. The number of rotatable bonds is 5. The molecule has 0 saturated carbocycles. The van der Waals surface area contributed by atoms with Crippen LogP contribution in [0.15, 0.2) is 61.1 Å². The highest BCUT2D eigenvalue weighted by molar-refractivity contribution is 5.76. The fourth-order valence-corrected chi connectivity index (χ4v) is 3.98. The molecule has 3 aromatic heterocycles. The molecule has 0 aliphatic carbocycles. The molecule has 1 aliphatic rings. The van der Waals surface area contributed by atoms with Gasteiger partial charge < -0.3 is 19.3 Å². The van der Waals surface area contributed by atoms with E-state index in [2.05, 4.69) is 31.9 Å². The van der Waals surface area contributed by atoms with Crippen molar-refractivity contribution in [2.75, 3.05) is 50.2 Å². The Morgan fingerprint density at radius 3 is 2.35 bits per heavy atom. The van der Waals surface area contributed by atoms with Crippen LogP contribution < -0.4 is 19.3 Å². The molecule has 5 rings (SSSR count). The van der Waals surface area contributed by atoms with E-state index >= 15 is 0 Å². The van der Waals surface area contributed by atoms with E-state index in [1.807, 2.05) is 47.2 Å². The summed E-state index contributed by atoms with van der Waals surface area (Å²) in [7, 11) is 3.27. The molecule has 1 saturated heterocycles. The maximum absolute atomic E-state index is 5.45. The third-order valence-electron chi connectivity index (χ3n) is 5.60. The SMILES string of the molecule is COc1ccc(-c2cc3c(N4CCN(c5ccccn5)CC4)nccn3n2)cc1OC. The molecule has 4 aromatic rings. The number of aromatic nitrogens is 4. The number of pyridine rings is 1. The van der Waals surface area contributed by atoms with Gasteiger partial charge in [-0.05, 0) is 36.4 Å². The van der Waals surface area contributed by atoms with E-state index in [0.29, 0.717) is 11.5 Å². The van der Waals surface area contributed by atoms with Crippen LogP contribution in [0.3, 0.4) is 0 Å². The molecule has 8 nitrogen and oxygen atoms in total. The van der Waals surface area contributed by atoms with Gasteiger partial charge >= 0.3 is 0 Å². The zero-order chi connectivity index (χ0) is 21.2. The molecule has 4 heterocycles. The van der Waals surface area contributed by atoms with Gasteiger partial charge in [0.15, 0.2) is 17.3 Å². The van der Waals surface area contributed by atoms with Crippen molar-refractivity contribution in [2.24, 2.45) is 0 Å². The van der Waals surface area contributed by atoms with Crippen LogP contribution in [0.5, 0.6) is 11.5 Å². The van der Waals surface area contributed by atoms with Gasteiger partial charge in [-0.25, -0.2) is 14.5 Å². The third-order valence-corrected chi connectivity index (χ3v) is 5.60. The van der Waals surface area contributed by atoms with Gasteiger partial charge in [-0.3, -0.25) is 0 Å². The van der Waals surface area contributed by atoms with Crippen LogP contribution in [0.4, 0.5) is 11.6 Å². The first-order valence-corrected chi connectivity index (χ1v) is 10.2. The predicted octanol–water partition coefficient (Wildman–Crippen LogP) is 3.14. The van der Waals surface area contributed by atoms with Gasteiger partial charge in [-0.15, -0.1) is 0 Å². The molecule has 0 atom stereocenters. The number of nitrogens with zero attached hydrogens (tertiary/aromatic N) is 6. The molecule has 8 heteroatoms. The van der Waals surface area contributed by atoms with Gasteiger partial charge in [-0.2, -0.15) is 5.10 Å². The van der Waals surface area contributed by atoms with Gasteiger partial charge in [0.25, 0.3) is 0 Å². The fourth-order valence-electron chi connectivity index (χ4n) is 3.98. The molecule has 158 valence electrons. The Bertz CT molecular complexity index is 1190. The number of hydrogen-bond donors (Lipinski definition) is 0. The largest absolute Gasteiger partial charge is 0.493 e. The van der Waals surface area contributed by atoms with E-state index in [9.17, 15) is 0 Å². The van der Waals surface area contributed by atoms with Crippen LogP contribution in [0.1, 0.15) is 0 Å². The van der Waals surface area contributed by atoms with Crippen LogP contribution in [0, 0.1) is 0 Å². The molecule has 0 spiro atoms. The molecule has 31 heavy (non-hydrogen) atoms. The molecule has 0 amide bonds.